The lowest BCUT2D eigenvalue weighted by atomic mass is 10.2. The standard InChI is InChI=1S/C10H14N4O2/c1-2-5-11-10-9(14(15)16)8(7-3-4-7)12-6-13-10/h6-7H,2-5H2,1H3,(H,11,12,13). The van der Waals surface area contributed by atoms with Gasteiger partial charge < -0.3 is 5.32 Å². The second-order valence-electron chi connectivity index (χ2n) is 3.91. The molecule has 0 aliphatic heterocycles. The van der Waals surface area contributed by atoms with Crippen molar-refractivity contribution in [3.63, 3.8) is 0 Å². The zero-order valence-corrected chi connectivity index (χ0v) is 9.14. The van der Waals surface area contributed by atoms with Crippen molar-refractivity contribution in [2.75, 3.05) is 11.9 Å². The summed E-state index contributed by atoms with van der Waals surface area (Å²) < 4.78 is 0. The maximum atomic E-state index is 11.0. The van der Waals surface area contributed by atoms with Crippen LogP contribution in [0.25, 0.3) is 0 Å². The fourth-order valence-corrected chi connectivity index (χ4v) is 1.60. The van der Waals surface area contributed by atoms with E-state index in [0.717, 1.165) is 19.3 Å². The molecule has 1 aliphatic carbocycles. The number of nitro groups is 1. The van der Waals surface area contributed by atoms with Gasteiger partial charge in [0, 0.05) is 12.5 Å². The van der Waals surface area contributed by atoms with Gasteiger partial charge in [-0.2, -0.15) is 0 Å². The SMILES string of the molecule is CCCNc1ncnc(C2CC2)c1[N+](=O)[O-]. The first-order valence-corrected chi connectivity index (χ1v) is 5.47. The van der Waals surface area contributed by atoms with Gasteiger partial charge in [-0.25, -0.2) is 9.97 Å². The Kier molecular flexibility index (Phi) is 2.98. The Labute approximate surface area is 93.3 Å². The third kappa shape index (κ3) is 2.10. The van der Waals surface area contributed by atoms with Crippen molar-refractivity contribution in [1.82, 2.24) is 9.97 Å². The second-order valence-corrected chi connectivity index (χ2v) is 3.91. The zero-order valence-electron chi connectivity index (χ0n) is 9.14. The number of rotatable bonds is 5. The summed E-state index contributed by atoms with van der Waals surface area (Å²) in [6, 6.07) is 0. The van der Waals surface area contributed by atoms with E-state index in [4.69, 9.17) is 0 Å². The van der Waals surface area contributed by atoms with E-state index in [0.29, 0.717) is 18.1 Å². The Bertz CT molecular complexity index is 404. The van der Waals surface area contributed by atoms with Gasteiger partial charge >= 0.3 is 5.69 Å². The molecule has 16 heavy (non-hydrogen) atoms. The fourth-order valence-electron chi connectivity index (χ4n) is 1.60. The van der Waals surface area contributed by atoms with Crippen LogP contribution in [0.15, 0.2) is 6.33 Å². The van der Waals surface area contributed by atoms with Crippen LogP contribution in [-0.2, 0) is 0 Å². The number of anilines is 1. The van der Waals surface area contributed by atoms with E-state index in [1.54, 1.807) is 0 Å². The summed E-state index contributed by atoms with van der Waals surface area (Å²) in [7, 11) is 0. The lowest BCUT2D eigenvalue weighted by molar-refractivity contribution is -0.385. The predicted molar refractivity (Wildman–Crippen MR) is 59.4 cm³/mol. The van der Waals surface area contributed by atoms with Crippen molar-refractivity contribution >= 4 is 11.5 Å². The van der Waals surface area contributed by atoms with Crippen LogP contribution in [-0.4, -0.2) is 21.4 Å². The van der Waals surface area contributed by atoms with E-state index in [-0.39, 0.29) is 16.5 Å². The molecule has 1 fully saturated rings. The number of nitrogens with one attached hydrogen (secondary N) is 1. The minimum Gasteiger partial charge on any atom is -0.364 e. The summed E-state index contributed by atoms with van der Waals surface area (Å²) in [6.07, 6.45) is 4.29. The van der Waals surface area contributed by atoms with Crippen LogP contribution in [0, 0.1) is 10.1 Å². The Morgan fingerprint density at radius 3 is 2.88 bits per heavy atom. The molecular formula is C10H14N4O2. The molecule has 1 aromatic rings. The van der Waals surface area contributed by atoms with E-state index in [9.17, 15) is 10.1 Å². The summed E-state index contributed by atoms with van der Waals surface area (Å²) in [4.78, 5) is 18.6. The predicted octanol–water partition coefficient (Wildman–Crippen LogP) is 2.08. The van der Waals surface area contributed by atoms with Crippen LogP contribution in [0.5, 0.6) is 0 Å². The number of nitrogens with zero attached hydrogens (tertiary/aromatic N) is 3. The lowest BCUT2D eigenvalue weighted by Gasteiger charge is -2.06. The fraction of sp³-hybridized carbons (Fsp3) is 0.600. The Morgan fingerprint density at radius 2 is 2.31 bits per heavy atom. The Morgan fingerprint density at radius 1 is 1.56 bits per heavy atom. The number of aromatic nitrogens is 2. The first-order valence-electron chi connectivity index (χ1n) is 5.47. The summed E-state index contributed by atoms with van der Waals surface area (Å²) in [5.74, 6) is 0.606. The molecule has 6 nitrogen and oxygen atoms in total. The van der Waals surface area contributed by atoms with E-state index in [1.807, 2.05) is 6.92 Å². The van der Waals surface area contributed by atoms with Gasteiger partial charge in [0.05, 0.1) is 4.92 Å². The van der Waals surface area contributed by atoms with E-state index >= 15 is 0 Å². The minimum absolute atomic E-state index is 0.0541. The molecule has 86 valence electrons. The minimum atomic E-state index is -0.383. The van der Waals surface area contributed by atoms with Crippen molar-refractivity contribution in [1.29, 1.82) is 0 Å². The van der Waals surface area contributed by atoms with Crippen LogP contribution >= 0.6 is 0 Å². The first kappa shape index (κ1) is 10.8. The summed E-state index contributed by atoms with van der Waals surface area (Å²) in [5.41, 5.74) is 0.636. The molecule has 0 bridgehead atoms. The largest absolute Gasteiger partial charge is 0.364 e. The van der Waals surface area contributed by atoms with E-state index in [2.05, 4.69) is 15.3 Å². The number of hydrogen-bond acceptors (Lipinski definition) is 5. The number of hydrogen-bond donors (Lipinski definition) is 1. The Hall–Kier alpha value is -1.72. The monoisotopic (exact) mass is 222 g/mol. The topological polar surface area (TPSA) is 81.0 Å². The normalized spacial score (nSPS) is 14.8. The van der Waals surface area contributed by atoms with Crippen molar-refractivity contribution in [3.05, 3.63) is 22.1 Å². The van der Waals surface area contributed by atoms with Gasteiger partial charge in [0.25, 0.3) is 0 Å². The molecular weight excluding hydrogens is 208 g/mol. The van der Waals surface area contributed by atoms with Crippen LogP contribution < -0.4 is 5.32 Å². The maximum absolute atomic E-state index is 11.0. The molecule has 0 saturated heterocycles. The van der Waals surface area contributed by atoms with Crippen LogP contribution in [0.4, 0.5) is 11.5 Å². The highest BCUT2D eigenvalue weighted by Gasteiger charge is 2.34. The lowest BCUT2D eigenvalue weighted by Crippen LogP contribution is -2.08. The van der Waals surface area contributed by atoms with Gasteiger partial charge in [0.1, 0.15) is 12.0 Å². The van der Waals surface area contributed by atoms with Gasteiger partial charge in [-0.15, -0.1) is 0 Å². The molecule has 0 atom stereocenters. The van der Waals surface area contributed by atoms with Crippen LogP contribution in [0.2, 0.25) is 0 Å². The third-order valence-electron chi connectivity index (χ3n) is 2.54. The molecule has 0 aromatic carbocycles. The zero-order chi connectivity index (χ0) is 11.5. The Balaban J connectivity index is 2.34. The molecule has 0 unspecified atom stereocenters. The summed E-state index contributed by atoms with van der Waals surface area (Å²) >= 11 is 0. The summed E-state index contributed by atoms with van der Waals surface area (Å²) in [6.45, 7) is 2.68. The van der Waals surface area contributed by atoms with E-state index in [1.165, 1.54) is 6.33 Å². The van der Waals surface area contributed by atoms with Gasteiger partial charge in [-0.05, 0) is 19.3 Å². The maximum Gasteiger partial charge on any atom is 0.332 e. The molecule has 0 amide bonds. The molecule has 0 radical (unpaired) electrons. The van der Waals surface area contributed by atoms with Crippen LogP contribution in [0.1, 0.15) is 37.8 Å². The van der Waals surface area contributed by atoms with Crippen molar-refractivity contribution in [2.45, 2.75) is 32.1 Å². The highest BCUT2D eigenvalue weighted by Crippen LogP contribution is 2.44. The van der Waals surface area contributed by atoms with Crippen molar-refractivity contribution in [3.8, 4) is 0 Å². The molecule has 0 spiro atoms. The molecule has 1 N–H and O–H groups in total. The second kappa shape index (κ2) is 4.42. The first-order chi connectivity index (χ1) is 7.74. The molecule has 6 heteroatoms. The van der Waals surface area contributed by atoms with Crippen molar-refractivity contribution < 1.29 is 4.92 Å². The van der Waals surface area contributed by atoms with Gasteiger partial charge in [0.15, 0.2) is 0 Å². The van der Waals surface area contributed by atoms with Crippen LogP contribution in [0.3, 0.4) is 0 Å². The average molecular weight is 222 g/mol. The molecule has 1 aromatic heterocycles. The van der Waals surface area contributed by atoms with Gasteiger partial charge in [-0.3, -0.25) is 10.1 Å². The average Bonchev–Trinajstić information content (AvgIpc) is 3.09. The van der Waals surface area contributed by atoms with Gasteiger partial charge in [0.2, 0.25) is 5.82 Å². The highest BCUT2D eigenvalue weighted by molar-refractivity contribution is 5.59. The molecule has 1 aliphatic rings. The quantitative estimate of drug-likeness (QED) is 0.609. The van der Waals surface area contributed by atoms with E-state index < -0.39 is 0 Å². The smallest absolute Gasteiger partial charge is 0.332 e. The molecule has 1 saturated carbocycles. The molecule has 1 heterocycles. The highest BCUT2D eigenvalue weighted by atomic mass is 16.6. The third-order valence-corrected chi connectivity index (χ3v) is 2.54. The van der Waals surface area contributed by atoms with Crippen molar-refractivity contribution in [2.24, 2.45) is 0 Å². The molecule has 2 rings (SSSR count). The van der Waals surface area contributed by atoms with Gasteiger partial charge in [-0.1, -0.05) is 6.92 Å². The summed E-state index contributed by atoms with van der Waals surface area (Å²) in [5, 5.41) is 14.0.